The summed E-state index contributed by atoms with van der Waals surface area (Å²) in [7, 11) is 0. The lowest BCUT2D eigenvalue weighted by Crippen LogP contribution is -2.33. The molecule has 0 aromatic carbocycles. The molecule has 6 nitrogen and oxygen atoms in total. The monoisotopic (exact) mass is 339 g/mol. The quantitative estimate of drug-likeness (QED) is 0.927. The smallest absolute Gasteiger partial charge is 0.337 e. The van der Waals surface area contributed by atoms with Gasteiger partial charge in [0.15, 0.2) is 0 Å². The highest BCUT2D eigenvalue weighted by Crippen LogP contribution is 2.49. The number of carbonyl (C=O) groups is 1. The van der Waals surface area contributed by atoms with Gasteiger partial charge in [-0.15, -0.1) is 0 Å². The molecule has 1 aliphatic carbocycles. The lowest BCUT2D eigenvalue weighted by molar-refractivity contribution is -0.0593. The molecule has 3 heterocycles. The number of nitrogens with zero attached hydrogens (tertiary/aromatic N) is 3. The predicted octanol–water partition coefficient (Wildman–Crippen LogP) is 3.26. The molecule has 0 bridgehead atoms. The summed E-state index contributed by atoms with van der Waals surface area (Å²) in [6, 6.07) is 5.96. The lowest BCUT2D eigenvalue weighted by atomic mass is 9.84. The van der Waals surface area contributed by atoms with Gasteiger partial charge in [-0.25, -0.2) is 9.31 Å². The largest absolute Gasteiger partial charge is 0.478 e. The number of carboxylic acid groups (broad SMARTS) is 1. The van der Waals surface area contributed by atoms with Crippen molar-refractivity contribution in [3.05, 3.63) is 35.2 Å². The maximum Gasteiger partial charge on any atom is 0.337 e. The highest BCUT2D eigenvalue weighted by atomic mass is 16.5. The van der Waals surface area contributed by atoms with Crippen LogP contribution in [0.5, 0.6) is 0 Å². The molecule has 1 N–H and O–H groups in total. The maximum absolute atomic E-state index is 11.7. The summed E-state index contributed by atoms with van der Waals surface area (Å²) in [6.07, 6.45) is 5.04. The Balaban J connectivity index is 1.80. The average Bonchev–Trinajstić information content (AvgIpc) is 3.26. The molecule has 0 unspecified atom stereocenters. The Morgan fingerprint density at radius 2 is 2.20 bits per heavy atom. The molecule has 130 valence electrons. The highest BCUT2D eigenvalue weighted by molar-refractivity contribution is 5.92. The molecule has 0 amide bonds. The van der Waals surface area contributed by atoms with Gasteiger partial charge in [-0.05, 0) is 63.1 Å². The molecule has 0 spiro atoms. The number of rotatable bonds is 3. The number of carboxylic acids is 1. The number of ether oxygens (including phenoxy) is 1. The molecule has 4 rings (SSSR count). The van der Waals surface area contributed by atoms with Crippen LogP contribution in [0, 0.1) is 11.3 Å². The van der Waals surface area contributed by atoms with Gasteiger partial charge in [-0.3, -0.25) is 0 Å². The third-order valence-electron chi connectivity index (χ3n) is 5.46. The second kappa shape index (κ2) is 5.30. The van der Waals surface area contributed by atoms with Gasteiger partial charge in [0.1, 0.15) is 5.41 Å². The van der Waals surface area contributed by atoms with Crippen LogP contribution in [0.3, 0.4) is 0 Å². The average molecular weight is 339 g/mol. The molecule has 2 aromatic rings. The molecule has 1 atom stereocenters. The fourth-order valence-electron chi connectivity index (χ4n) is 3.97. The Bertz CT molecular complexity index is 903. The summed E-state index contributed by atoms with van der Waals surface area (Å²) in [5.74, 6) is -0.658. The summed E-state index contributed by atoms with van der Waals surface area (Å²) >= 11 is 0. The van der Waals surface area contributed by atoms with E-state index in [0.717, 1.165) is 23.9 Å². The topological polar surface area (TPSA) is 87.6 Å². The van der Waals surface area contributed by atoms with E-state index in [2.05, 4.69) is 25.0 Å². The van der Waals surface area contributed by atoms with E-state index >= 15 is 0 Å². The van der Waals surface area contributed by atoms with Crippen LogP contribution in [0.15, 0.2) is 18.3 Å². The Labute approximate surface area is 146 Å². The number of aromatic nitrogens is 2. The minimum absolute atomic E-state index is 0.159. The molecule has 2 aromatic heterocycles. The summed E-state index contributed by atoms with van der Waals surface area (Å²) in [5, 5.41) is 23.6. The molecule has 6 heteroatoms. The number of aromatic carboxylic acids is 1. The summed E-state index contributed by atoms with van der Waals surface area (Å²) < 4.78 is 7.43. The fourth-order valence-corrected chi connectivity index (χ4v) is 3.97. The minimum atomic E-state index is -1.00. The Hall–Kier alpha value is -2.39. The molecular formula is C19H21N3O3. The van der Waals surface area contributed by atoms with Crippen LogP contribution in [0.25, 0.3) is 5.52 Å². The van der Waals surface area contributed by atoms with E-state index < -0.39 is 11.4 Å². The van der Waals surface area contributed by atoms with E-state index in [4.69, 9.17) is 4.74 Å². The first kappa shape index (κ1) is 16.1. The van der Waals surface area contributed by atoms with Crippen LogP contribution >= 0.6 is 0 Å². The van der Waals surface area contributed by atoms with E-state index in [1.165, 1.54) is 0 Å². The van der Waals surface area contributed by atoms with Crippen LogP contribution in [-0.4, -0.2) is 32.9 Å². The Morgan fingerprint density at radius 1 is 1.44 bits per heavy atom. The zero-order valence-corrected chi connectivity index (χ0v) is 14.5. The number of hydrogen-bond donors (Lipinski definition) is 1. The van der Waals surface area contributed by atoms with E-state index in [-0.39, 0.29) is 11.2 Å². The third kappa shape index (κ3) is 2.59. The lowest BCUT2D eigenvalue weighted by Gasteiger charge is -2.35. The standard InChI is InChI=1S/C19H21N3O3/c1-18(2)9-12(3-6-25-18)13-7-14-8-15(17(23)24)16(22(14)21-10-13)19(11-20)4-5-19/h7-8,10,12H,3-6,9H2,1-2H3,(H,23,24)/t12-/m0/s1. The van der Waals surface area contributed by atoms with Gasteiger partial charge in [-0.1, -0.05) is 0 Å². The molecule has 0 radical (unpaired) electrons. The first-order valence-corrected chi connectivity index (χ1v) is 8.66. The predicted molar refractivity (Wildman–Crippen MR) is 90.7 cm³/mol. The van der Waals surface area contributed by atoms with Gasteiger partial charge in [0.25, 0.3) is 0 Å². The first-order valence-electron chi connectivity index (χ1n) is 8.66. The van der Waals surface area contributed by atoms with E-state index in [0.29, 0.717) is 31.1 Å². The summed E-state index contributed by atoms with van der Waals surface area (Å²) in [4.78, 5) is 11.7. The van der Waals surface area contributed by atoms with Crippen LogP contribution in [0.1, 0.15) is 67.1 Å². The van der Waals surface area contributed by atoms with Crippen molar-refractivity contribution < 1.29 is 14.6 Å². The first-order chi connectivity index (χ1) is 11.9. The zero-order valence-electron chi connectivity index (χ0n) is 14.5. The van der Waals surface area contributed by atoms with Crippen molar-refractivity contribution in [2.45, 2.75) is 56.5 Å². The SMILES string of the molecule is CC1(C)C[C@@H](c2cnn3c(C4(C#N)CC4)c(C(=O)O)cc3c2)CCO1. The van der Waals surface area contributed by atoms with E-state index in [1.54, 1.807) is 10.6 Å². The van der Waals surface area contributed by atoms with Crippen molar-refractivity contribution in [1.29, 1.82) is 5.26 Å². The fraction of sp³-hybridized carbons (Fsp3) is 0.526. The second-order valence-corrected chi connectivity index (χ2v) is 7.83. The molecular weight excluding hydrogens is 318 g/mol. The van der Waals surface area contributed by atoms with E-state index in [1.807, 2.05) is 12.3 Å². The zero-order chi connectivity index (χ0) is 17.8. The maximum atomic E-state index is 11.7. The molecule has 2 fully saturated rings. The van der Waals surface area contributed by atoms with Gasteiger partial charge >= 0.3 is 5.97 Å². The van der Waals surface area contributed by atoms with Gasteiger partial charge in [0, 0.05) is 6.61 Å². The van der Waals surface area contributed by atoms with Gasteiger partial charge in [-0.2, -0.15) is 10.4 Å². The summed E-state index contributed by atoms with van der Waals surface area (Å²) in [5.41, 5.74) is 1.71. The van der Waals surface area contributed by atoms with E-state index in [9.17, 15) is 15.2 Å². The van der Waals surface area contributed by atoms with Crippen LogP contribution in [0.2, 0.25) is 0 Å². The molecule has 1 saturated heterocycles. The van der Waals surface area contributed by atoms with Crippen molar-refractivity contribution in [2.24, 2.45) is 0 Å². The van der Waals surface area contributed by atoms with Crippen molar-refractivity contribution in [3.63, 3.8) is 0 Å². The van der Waals surface area contributed by atoms with Crippen LogP contribution in [0.4, 0.5) is 0 Å². The number of nitriles is 1. The Morgan fingerprint density at radius 3 is 2.80 bits per heavy atom. The second-order valence-electron chi connectivity index (χ2n) is 7.83. The molecule has 2 aliphatic rings. The molecule has 1 aliphatic heterocycles. The van der Waals surface area contributed by atoms with Crippen LogP contribution < -0.4 is 0 Å². The number of fused-ring (bicyclic) bond motifs is 1. The van der Waals surface area contributed by atoms with Crippen molar-refractivity contribution >= 4 is 11.5 Å². The Kier molecular flexibility index (Phi) is 3.41. The highest BCUT2D eigenvalue weighted by Gasteiger charge is 2.50. The van der Waals surface area contributed by atoms with Gasteiger partial charge in [0.2, 0.25) is 0 Å². The minimum Gasteiger partial charge on any atom is -0.478 e. The van der Waals surface area contributed by atoms with Crippen molar-refractivity contribution in [3.8, 4) is 6.07 Å². The van der Waals surface area contributed by atoms with Gasteiger partial charge < -0.3 is 9.84 Å². The summed E-state index contributed by atoms with van der Waals surface area (Å²) in [6.45, 7) is 4.90. The molecule has 1 saturated carbocycles. The van der Waals surface area contributed by atoms with Crippen molar-refractivity contribution in [1.82, 2.24) is 9.61 Å². The number of hydrogen-bond acceptors (Lipinski definition) is 4. The van der Waals surface area contributed by atoms with Crippen molar-refractivity contribution in [2.75, 3.05) is 6.61 Å². The molecule has 25 heavy (non-hydrogen) atoms. The third-order valence-corrected chi connectivity index (χ3v) is 5.46. The van der Waals surface area contributed by atoms with Gasteiger partial charge in [0.05, 0.1) is 34.6 Å². The van der Waals surface area contributed by atoms with Crippen LogP contribution in [-0.2, 0) is 10.2 Å². The normalized spacial score (nSPS) is 24.0.